The van der Waals surface area contributed by atoms with Crippen LogP contribution in [0.2, 0.25) is 0 Å². The molecule has 0 unspecified atom stereocenters. The molecule has 1 N–H and O–H groups in total. The second-order valence-corrected chi connectivity index (χ2v) is 4.61. The third kappa shape index (κ3) is 2.80. The van der Waals surface area contributed by atoms with Gasteiger partial charge in [-0.05, 0) is 47.3 Å². The smallest absolute Gasteiger partial charge is 0.227 e. The lowest BCUT2D eigenvalue weighted by Gasteiger charge is -2.09. The van der Waals surface area contributed by atoms with Crippen molar-refractivity contribution in [3.63, 3.8) is 0 Å². The molecule has 0 aliphatic heterocycles. The zero-order valence-electron chi connectivity index (χ0n) is 11.6. The minimum Gasteiger partial charge on any atom is -0.497 e. The summed E-state index contributed by atoms with van der Waals surface area (Å²) in [6.07, 6.45) is 1.70. The lowest BCUT2D eigenvalue weighted by atomic mass is 10.1. The molecule has 1 aromatic heterocycles. The summed E-state index contributed by atoms with van der Waals surface area (Å²) in [7, 11) is 1.64. The Balaban J connectivity index is 2.00. The fourth-order valence-electron chi connectivity index (χ4n) is 2.16. The number of aliphatic hydroxyl groups is 1. The van der Waals surface area contributed by atoms with Crippen LogP contribution in [0, 0.1) is 0 Å². The maximum Gasteiger partial charge on any atom is 0.227 e. The first kappa shape index (κ1) is 13.4. The summed E-state index contributed by atoms with van der Waals surface area (Å²) in [6, 6.07) is 15.0. The monoisotopic (exact) mass is 281 g/mol. The van der Waals surface area contributed by atoms with Crippen LogP contribution in [0.3, 0.4) is 0 Å². The topological polar surface area (TPSA) is 51.6 Å². The fraction of sp³-hybridized carbons (Fsp3) is 0.118. The molecule has 0 spiro atoms. The Kier molecular flexibility index (Phi) is 3.71. The number of hydrogen-bond acceptors (Lipinski definition) is 4. The van der Waals surface area contributed by atoms with Crippen molar-refractivity contribution in [3.8, 4) is 17.4 Å². The minimum absolute atomic E-state index is 0.0165. The second-order valence-electron chi connectivity index (χ2n) is 4.61. The van der Waals surface area contributed by atoms with Gasteiger partial charge in [0.25, 0.3) is 0 Å². The van der Waals surface area contributed by atoms with Crippen molar-refractivity contribution in [2.75, 3.05) is 7.11 Å². The predicted octanol–water partition coefficient (Wildman–Crippen LogP) is 3.53. The average Bonchev–Trinajstić information content (AvgIpc) is 2.55. The predicted molar refractivity (Wildman–Crippen MR) is 80.7 cm³/mol. The quantitative estimate of drug-likeness (QED) is 0.795. The molecule has 3 aromatic rings. The standard InChI is InChI=1S/C17H15NO3/c1-20-14-5-6-16-13(10-14)7-8-18-17(16)21-15-4-2-3-12(9-15)11-19/h2-10,19H,11H2,1H3. The van der Waals surface area contributed by atoms with Gasteiger partial charge in [-0.1, -0.05) is 12.1 Å². The van der Waals surface area contributed by atoms with Gasteiger partial charge >= 0.3 is 0 Å². The van der Waals surface area contributed by atoms with E-state index in [1.54, 1.807) is 19.4 Å². The van der Waals surface area contributed by atoms with Gasteiger partial charge in [0.2, 0.25) is 5.88 Å². The van der Waals surface area contributed by atoms with Gasteiger partial charge in [-0.2, -0.15) is 0 Å². The Morgan fingerprint density at radius 1 is 1.05 bits per heavy atom. The number of nitrogens with zero attached hydrogens (tertiary/aromatic N) is 1. The summed E-state index contributed by atoms with van der Waals surface area (Å²) in [5, 5.41) is 11.1. The van der Waals surface area contributed by atoms with Crippen LogP contribution in [0.1, 0.15) is 5.56 Å². The van der Waals surface area contributed by atoms with Gasteiger partial charge in [-0.3, -0.25) is 0 Å². The number of rotatable bonds is 4. The van der Waals surface area contributed by atoms with Gasteiger partial charge in [0.15, 0.2) is 0 Å². The van der Waals surface area contributed by atoms with Crippen LogP contribution in [0.5, 0.6) is 17.4 Å². The highest BCUT2D eigenvalue weighted by molar-refractivity contribution is 5.88. The third-order valence-corrected chi connectivity index (χ3v) is 3.23. The van der Waals surface area contributed by atoms with Crippen molar-refractivity contribution in [1.82, 2.24) is 4.98 Å². The van der Waals surface area contributed by atoms with Crippen LogP contribution in [0.15, 0.2) is 54.7 Å². The molecule has 2 aromatic carbocycles. The summed E-state index contributed by atoms with van der Waals surface area (Å²) in [4.78, 5) is 4.29. The molecule has 21 heavy (non-hydrogen) atoms. The van der Waals surface area contributed by atoms with E-state index < -0.39 is 0 Å². The van der Waals surface area contributed by atoms with Gasteiger partial charge in [0, 0.05) is 11.6 Å². The number of benzene rings is 2. The van der Waals surface area contributed by atoms with E-state index in [0.717, 1.165) is 22.1 Å². The van der Waals surface area contributed by atoms with Crippen LogP contribution >= 0.6 is 0 Å². The lowest BCUT2D eigenvalue weighted by molar-refractivity contribution is 0.281. The van der Waals surface area contributed by atoms with Gasteiger partial charge in [0.1, 0.15) is 11.5 Å². The van der Waals surface area contributed by atoms with Crippen molar-refractivity contribution >= 4 is 10.8 Å². The lowest BCUT2D eigenvalue weighted by Crippen LogP contribution is -1.91. The Bertz CT molecular complexity index is 771. The average molecular weight is 281 g/mol. The summed E-state index contributed by atoms with van der Waals surface area (Å²) in [6.45, 7) is -0.0165. The molecular weight excluding hydrogens is 266 g/mol. The molecule has 0 amide bonds. The highest BCUT2D eigenvalue weighted by Crippen LogP contribution is 2.30. The Morgan fingerprint density at radius 2 is 1.95 bits per heavy atom. The summed E-state index contributed by atoms with van der Waals surface area (Å²) in [5.74, 6) is 1.98. The van der Waals surface area contributed by atoms with Crippen molar-refractivity contribution in [3.05, 3.63) is 60.3 Å². The molecule has 4 nitrogen and oxygen atoms in total. The Hall–Kier alpha value is -2.59. The third-order valence-electron chi connectivity index (χ3n) is 3.23. The first-order chi connectivity index (χ1) is 10.3. The van der Waals surface area contributed by atoms with Crippen molar-refractivity contribution in [2.24, 2.45) is 0 Å². The van der Waals surface area contributed by atoms with Crippen LogP contribution in [0.4, 0.5) is 0 Å². The maximum atomic E-state index is 9.17. The van der Waals surface area contributed by atoms with Crippen LogP contribution < -0.4 is 9.47 Å². The molecule has 0 aliphatic rings. The molecule has 0 saturated heterocycles. The van der Waals surface area contributed by atoms with E-state index in [1.807, 2.05) is 42.5 Å². The fourth-order valence-corrected chi connectivity index (χ4v) is 2.16. The number of pyridine rings is 1. The molecule has 0 fully saturated rings. The largest absolute Gasteiger partial charge is 0.497 e. The van der Waals surface area contributed by atoms with E-state index in [1.165, 1.54) is 0 Å². The van der Waals surface area contributed by atoms with E-state index in [-0.39, 0.29) is 6.61 Å². The van der Waals surface area contributed by atoms with Crippen molar-refractivity contribution in [2.45, 2.75) is 6.61 Å². The van der Waals surface area contributed by atoms with Gasteiger partial charge < -0.3 is 14.6 Å². The zero-order valence-corrected chi connectivity index (χ0v) is 11.6. The Morgan fingerprint density at radius 3 is 2.76 bits per heavy atom. The molecule has 1 heterocycles. The molecule has 0 aliphatic carbocycles. The normalized spacial score (nSPS) is 10.6. The molecule has 0 saturated carbocycles. The Labute approximate surface area is 122 Å². The van der Waals surface area contributed by atoms with Crippen LogP contribution in [-0.2, 0) is 6.61 Å². The molecule has 0 radical (unpaired) electrons. The SMILES string of the molecule is COc1ccc2c(Oc3cccc(CO)c3)nccc2c1. The van der Waals surface area contributed by atoms with E-state index in [4.69, 9.17) is 9.47 Å². The van der Waals surface area contributed by atoms with Crippen molar-refractivity contribution < 1.29 is 14.6 Å². The molecule has 106 valence electrons. The van der Waals surface area contributed by atoms with Crippen LogP contribution in [0.25, 0.3) is 10.8 Å². The van der Waals surface area contributed by atoms with E-state index in [2.05, 4.69) is 4.98 Å². The summed E-state index contributed by atoms with van der Waals surface area (Å²) >= 11 is 0. The number of aromatic nitrogens is 1. The van der Waals surface area contributed by atoms with E-state index >= 15 is 0 Å². The first-order valence-electron chi connectivity index (χ1n) is 6.60. The number of methoxy groups -OCH3 is 1. The maximum absolute atomic E-state index is 9.17. The van der Waals surface area contributed by atoms with Crippen molar-refractivity contribution in [1.29, 1.82) is 0 Å². The highest BCUT2D eigenvalue weighted by atomic mass is 16.5. The molecule has 0 atom stereocenters. The number of aliphatic hydroxyl groups excluding tert-OH is 1. The number of hydrogen-bond donors (Lipinski definition) is 1. The highest BCUT2D eigenvalue weighted by Gasteiger charge is 2.06. The van der Waals surface area contributed by atoms with Gasteiger partial charge in [0.05, 0.1) is 13.7 Å². The minimum atomic E-state index is -0.0165. The van der Waals surface area contributed by atoms with E-state index in [9.17, 15) is 5.11 Å². The van der Waals surface area contributed by atoms with Crippen LogP contribution in [-0.4, -0.2) is 17.2 Å². The number of fused-ring (bicyclic) bond motifs is 1. The molecule has 3 rings (SSSR count). The molecule has 4 heteroatoms. The summed E-state index contributed by atoms with van der Waals surface area (Å²) < 4.78 is 11.1. The second kappa shape index (κ2) is 5.81. The van der Waals surface area contributed by atoms with Gasteiger partial charge in [-0.25, -0.2) is 4.98 Å². The van der Waals surface area contributed by atoms with E-state index in [0.29, 0.717) is 11.6 Å². The molecule has 0 bridgehead atoms. The van der Waals surface area contributed by atoms with Gasteiger partial charge in [-0.15, -0.1) is 0 Å². The molecular formula is C17H15NO3. The zero-order chi connectivity index (χ0) is 14.7. The first-order valence-corrected chi connectivity index (χ1v) is 6.60. The number of ether oxygens (including phenoxy) is 2. The summed E-state index contributed by atoms with van der Waals surface area (Å²) in [5.41, 5.74) is 0.800.